The Morgan fingerprint density at radius 2 is 1.52 bits per heavy atom. The van der Waals surface area contributed by atoms with Gasteiger partial charge in [0.2, 0.25) is 0 Å². The zero-order valence-electron chi connectivity index (χ0n) is 18.1. The van der Waals surface area contributed by atoms with E-state index in [2.05, 4.69) is 34.6 Å². The van der Waals surface area contributed by atoms with Gasteiger partial charge in [-0.1, -0.05) is 91.0 Å². The van der Waals surface area contributed by atoms with E-state index >= 15 is 0 Å². The lowest BCUT2D eigenvalue weighted by molar-refractivity contribution is 0.144. The Morgan fingerprint density at radius 3 is 2.18 bits per heavy atom. The third-order valence-electron chi connectivity index (χ3n) is 5.89. The summed E-state index contributed by atoms with van der Waals surface area (Å²) in [7, 11) is 0. The molecule has 1 aliphatic carbocycles. The fourth-order valence-corrected chi connectivity index (χ4v) is 4.29. The van der Waals surface area contributed by atoms with Crippen molar-refractivity contribution >= 4 is 12.2 Å². The van der Waals surface area contributed by atoms with Crippen molar-refractivity contribution in [2.75, 3.05) is 13.2 Å². The predicted octanol–water partition coefficient (Wildman–Crippen LogP) is 6.30. The number of ether oxygens (including phenoxy) is 1. The standard InChI is InChI=1S/C29H24N2O2/c32-29(31-19-7-8-21-14-16-22(17-15-21)28-13-5-6-18-30-28)33-20-27-25-11-3-1-9-23(25)24-10-2-4-12-26(24)27/h1-18,27H,19-20H2,(H,31,32). The number of carbonyl (C=O) groups excluding carboxylic acids is 1. The number of benzene rings is 3. The summed E-state index contributed by atoms with van der Waals surface area (Å²) in [6.07, 6.45) is 5.27. The van der Waals surface area contributed by atoms with Gasteiger partial charge in [-0.15, -0.1) is 0 Å². The highest BCUT2D eigenvalue weighted by atomic mass is 16.5. The molecule has 5 rings (SSSR count). The zero-order valence-corrected chi connectivity index (χ0v) is 18.1. The van der Waals surface area contributed by atoms with Crippen molar-refractivity contribution in [2.24, 2.45) is 0 Å². The highest BCUT2D eigenvalue weighted by Crippen LogP contribution is 2.44. The van der Waals surface area contributed by atoms with Gasteiger partial charge in [-0.3, -0.25) is 4.98 Å². The molecule has 1 aliphatic rings. The maximum Gasteiger partial charge on any atom is 0.407 e. The molecule has 0 unspecified atom stereocenters. The second kappa shape index (κ2) is 9.53. The monoisotopic (exact) mass is 432 g/mol. The van der Waals surface area contributed by atoms with E-state index in [4.69, 9.17) is 4.74 Å². The van der Waals surface area contributed by atoms with Crippen LogP contribution in [0.4, 0.5) is 4.79 Å². The van der Waals surface area contributed by atoms with Crippen LogP contribution in [0.5, 0.6) is 0 Å². The molecular formula is C29H24N2O2. The van der Waals surface area contributed by atoms with Crippen molar-refractivity contribution in [1.29, 1.82) is 0 Å². The first-order valence-corrected chi connectivity index (χ1v) is 11.1. The number of nitrogens with one attached hydrogen (secondary N) is 1. The molecule has 33 heavy (non-hydrogen) atoms. The molecule has 0 saturated heterocycles. The number of hydrogen-bond acceptors (Lipinski definition) is 3. The van der Waals surface area contributed by atoms with Crippen LogP contribution in [0.1, 0.15) is 22.6 Å². The molecule has 1 heterocycles. The number of nitrogens with zero attached hydrogens (tertiary/aromatic N) is 1. The van der Waals surface area contributed by atoms with Gasteiger partial charge >= 0.3 is 6.09 Å². The van der Waals surface area contributed by atoms with Crippen LogP contribution >= 0.6 is 0 Å². The zero-order chi connectivity index (χ0) is 22.5. The Kier molecular flexibility index (Phi) is 5.98. The molecular weight excluding hydrogens is 408 g/mol. The summed E-state index contributed by atoms with van der Waals surface area (Å²) >= 11 is 0. The van der Waals surface area contributed by atoms with Crippen LogP contribution in [0.2, 0.25) is 0 Å². The van der Waals surface area contributed by atoms with E-state index < -0.39 is 6.09 Å². The summed E-state index contributed by atoms with van der Waals surface area (Å²) < 4.78 is 5.57. The van der Waals surface area contributed by atoms with Gasteiger partial charge in [0, 0.05) is 24.2 Å². The molecule has 1 amide bonds. The highest BCUT2D eigenvalue weighted by Gasteiger charge is 2.28. The average Bonchev–Trinajstić information content (AvgIpc) is 3.20. The van der Waals surface area contributed by atoms with Crippen LogP contribution in [0, 0.1) is 0 Å². The van der Waals surface area contributed by atoms with Crippen LogP contribution < -0.4 is 5.32 Å². The lowest BCUT2D eigenvalue weighted by Crippen LogP contribution is -2.26. The first kappa shape index (κ1) is 20.7. The molecule has 0 radical (unpaired) electrons. The van der Waals surface area contributed by atoms with Crippen molar-refractivity contribution in [1.82, 2.24) is 10.3 Å². The maximum absolute atomic E-state index is 12.3. The van der Waals surface area contributed by atoms with E-state index in [1.165, 1.54) is 22.3 Å². The molecule has 0 bridgehead atoms. The van der Waals surface area contributed by atoms with Gasteiger partial charge in [0.1, 0.15) is 6.61 Å². The van der Waals surface area contributed by atoms with E-state index in [9.17, 15) is 4.79 Å². The van der Waals surface area contributed by atoms with Crippen LogP contribution in [-0.4, -0.2) is 24.2 Å². The number of fused-ring (bicyclic) bond motifs is 3. The molecule has 0 atom stereocenters. The normalized spacial score (nSPS) is 12.4. The van der Waals surface area contributed by atoms with Crippen molar-refractivity contribution in [3.05, 3.63) is 120 Å². The summed E-state index contributed by atoms with van der Waals surface area (Å²) in [5.41, 5.74) is 7.94. The Hall–Kier alpha value is -4.18. The molecule has 4 nitrogen and oxygen atoms in total. The fraction of sp³-hybridized carbons (Fsp3) is 0.103. The van der Waals surface area contributed by atoms with Crippen molar-refractivity contribution < 1.29 is 9.53 Å². The maximum atomic E-state index is 12.3. The van der Waals surface area contributed by atoms with Gasteiger partial charge < -0.3 is 10.1 Å². The van der Waals surface area contributed by atoms with Gasteiger partial charge in [-0.25, -0.2) is 4.79 Å². The number of amides is 1. The SMILES string of the molecule is O=C(NCC=Cc1ccc(-c2ccccn2)cc1)OCC1c2ccccc2-c2ccccc21. The summed E-state index contributed by atoms with van der Waals surface area (Å²) in [6.45, 7) is 0.719. The number of aromatic nitrogens is 1. The number of pyridine rings is 1. The average molecular weight is 433 g/mol. The molecule has 162 valence electrons. The minimum atomic E-state index is -0.410. The Bertz CT molecular complexity index is 1240. The van der Waals surface area contributed by atoms with E-state index in [-0.39, 0.29) is 5.92 Å². The molecule has 0 aliphatic heterocycles. The van der Waals surface area contributed by atoms with E-state index in [1.807, 2.05) is 78.9 Å². The smallest absolute Gasteiger partial charge is 0.407 e. The lowest BCUT2D eigenvalue weighted by Gasteiger charge is -2.14. The number of rotatable bonds is 6. The summed E-state index contributed by atoms with van der Waals surface area (Å²) in [5.74, 6) is 0.0660. The molecule has 0 spiro atoms. The van der Waals surface area contributed by atoms with Crippen LogP contribution in [0.15, 0.2) is 103 Å². The minimum absolute atomic E-state index is 0.0660. The second-order valence-electron chi connectivity index (χ2n) is 7.95. The Balaban J connectivity index is 1.13. The first-order valence-electron chi connectivity index (χ1n) is 11.1. The molecule has 1 aromatic heterocycles. The van der Waals surface area contributed by atoms with Crippen LogP contribution in [-0.2, 0) is 4.74 Å². The molecule has 0 fully saturated rings. The van der Waals surface area contributed by atoms with Crippen LogP contribution in [0.3, 0.4) is 0 Å². The molecule has 0 saturated carbocycles. The van der Waals surface area contributed by atoms with Crippen molar-refractivity contribution in [3.63, 3.8) is 0 Å². The van der Waals surface area contributed by atoms with Gasteiger partial charge in [0.15, 0.2) is 0 Å². The summed E-state index contributed by atoms with van der Waals surface area (Å²) in [4.78, 5) is 16.6. The summed E-state index contributed by atoms with van der Waals surface area (Å²) in [5, 5.41) is 2.80. The summed E-state index contributed by atoms with van der Waals surface area (Å²) in [6, 6.07) is 30.7. The minimum Gasteiger partial charge on any atom is -0.449 e. The van der Waals surface area contributed by atoms with Crippen molar-refractivity contribution in [2.45, 2.75) is 5.92 Å². The van der Waals surface area contributed by atoms with Crippen LogP contribution in [0.25, 0.3) is 28.5 Å². The number of carbonyl (C=O) groups is 1. The largest absolute Gasteiger partial charge is 0.449 e. The molecule has 1 N–H and O–H groups in total. The molecule has 4 aromatic rings. The lowest BCUT2D eigenvalue weighted by atomic mass is 9.98. The second-order valence-corrected chi connectivity index (χ2v) is 7.95. The Morgan fingerprint density at radius 1 is 0.848 bits per heavy atom. The number of alkyl carbamates (subject to hydrolysis) is 1. The topological polar surface area (TPSA) is 51.2 Å². The van der Waals surface area contributed by atoms with Gasteiger partial charge in [-0.2, -0.15) is 0 Å². The Labute approximate surface area is 193 Å². The number of hydrogen-bond donors (Lipinski definition) is 1. The van der Waals surface area contributed by atoms with Gasteiger partial charge in [-0.05, 0) is 39.9 Å². The third kappa shape index (κ3) is 4.55. The van der Waals surface area contributed by atoms with E-state index in [0.717, 1.165) is 16.8 Å². The third-order valence-corrected chi connectivity index (χ3v) is 5.89. The van der Waals surface area contributed by atoms with Crippen molar-refractivity contribution in [3.8, 4) is 22.4 Å². The first-order chi connectivity index (χ1) is 16.3. The van der Waals surface area contributed by atoms with Gasteiger partial charge in [0.25, 0.3) is 0 Å². The van der Waals surface area contributed by atoms with E-state index in [1.54, 1.807) is 6.20 Å². The van der Waals surface area contributed by atoms with Gasteiger partial charge in [0.05, 0.1) is 5.69 Å². The fourth-order valence-electron chi connectivity index (χ4n) is 4.29. The molecule has 3 aromatic carbocycles. The predicted molar refractivity (Wildman–Crippen MR) is 132 cm³/mol. The quantitative estimate of drug-likeness (QED) is 0.389. The van der Waals surface area contributed by atoms with E-state index in [0.29, 0.717) is 13.2 Å². The molecule has 4 heteroatoms. The highest BCUT2D eigenvalue weighted by molar-refractivity contribution is 5.79.